The van der Waals surface area contributed by atoms with Crippen LogP contribution in [0.1, 0.15) is 0 Å². The molecule has 2 aromatic rings. The zero-order valence-corrected chi connectivity index (χ0v) is 7.41. The second-order valence-electron chi connectivity index (χ2n) is 2.21. The third-order valence-electron chi connectivity index (χ3n) is 1.46. The molecule has 0 aliphatic rings. The number of rotatable bonds is 0. The Morgan fingerprint density at radius 1 is 1.55 bits per heavy atom. The molecule has 0 bridgehead atoms. The van der Waals surface area contributed by atoms with Gasteiger partial charge in [0.05, 0.1) is 11.7 Å². The van der Waals surface area contributed by atoms with Gasteiger partial charge in [-0.05, 0) is 22.0 Å². The first-order chi connectivity index (χ1) is 5.27. The van der Waals surface area contributed by atoms with Crippen LogP contribution in [-0.4, -0.2) is 20.0 Å². The van der Waals surface area contributed by atoms with Crippen molar-refractivity contribution in [3.63, 3.8) is 0 Å². The summed E-state index contributed by atoms with van der Waals surface area (Å²) in [6, 6.07) is 1.88. The van der Waals surface area contributed by atoms with E-state index in [9.17, 15) is 0 Å². The van der Waals surface area contributed by atoms with Crippen molar-refractivity contribution in [2.75, 3.05) is 0 Å². The van der Waals surface area contributed by atoms with Gasteiger partial charge in [0.15, 0.2) is 0 Å². The van der Waals surface area contributed by atoms with E-state index in [1.807, 2.05) is 13.1 Å². The molecule has 0 radical (unpaired) electrons. The number of nitrogens with zero attached hydrogens (tertiary/aromatic N) is 4. The highest BCUT2D eigenvalue weighted by Gasteiger charge is 2.00. The maximum atomic E-state index is 4.02. The van der Waals surface area contributed by atoms with E-state index in [-0.39, 0.29) is 0 Å². The van der Waals surface area contributed by atoms with Crippen LogP contribution in [0.15, 0.2) is 16.9 Å². The topological polar surface area (TPSA) is 43.6 Å². The molecule has 56 valence electrons. The Kier molecular flexibility index (Phi) is 1.38. The van der Waals surface area contributed by atoms with Crippen molar-refractivity contribution in [2.24, 2.45) is 7.05 Å². The number of hydrogen-bond donors (Lipinski definition) is 0. The largest absolute Gasteiger partial charge is 0.248 e. The second-order valence-corrected chi connectivity index (χ2v) is 3.02. The molecule has 0 fully saturated rings. The Morgan fingerprint density at radius 3 is 3.18 bits per heavy atom. The lowest BCUT2D eigenvalue weighted by atomic mass is 10.4. The second kappa shape index (κ2) is 2.27. The third kappa shape index (κ3) is 1.01. The molecule has 2 rings (SSSR count). The summed E-state index contributed by atoms with van der Waals surface area (Å²) in [6.07, 6.45) is 1.69. The molecule has 0 aliphatic carbocycles. The van der Waals surface area contributed by atoms with Crippen LogP contribution < -0.4 is 0 Å². The van der Waals surface area contributed by atoms with Gasteiger partial charge in [0.1, 0.15) is 10.1 Å². The Labute approximate surface area is 71.4 Å². The molecule has 0 spiro atoms. The predicted molar refractivity (Wildman–Crippen MR) is 44.0 cm³/mol. The van der Waals surface area contributed by atoms with Crippen LogP contribution in [0.4, 0.5) is 0 Å². The van der Waals surface area contributed by atoms with Gasteiger partial charge in [-0.1, -0.05) is 5.21 Å². The summed E-state index contributed by atoms with van der Waals surface area (Å²) in [5, 5.41) is 7.73. The van der Waals surface area contributed by atoms with E-state index in [0.717, 1.165) is 15.6 Å². The molecule has 0 atom stereocenters. The highest BCUT2D eigenvalue weighted by Crippen LogP contribution is 2.13. The molecule has 0 unspecified atom stereocenters. The lowest BCUT2D eigenvalue weighted by Gasteiger charge is -1.90. The van der Waals surface area contributed by atoms with Gasteiger partial charge in [0, 0.05) is 7.05 Å². The van der Waals surface area contributed by atoms with E-state index < -0.39 is 0 Å². The van der Waals surface area contributed by atoms with Gasteiger partial charge in [-0.15, -0.1) is 5.10 Å². The Hall–Kier alpha value is -0.970. The first-order valence-electron chi connectivity index (χ1n) is 3.08. The Bertz CT molecular complexity index is 394. The average molecular weight is 213 g/mol. The van der Waals surface area contributed by atoms with E-state index in [1.165, 1.54) is 0 Å². The quantitative estimate of drug-likeness (QED) is 0.616. The summed E-state index contributed by atoms with van der Waals surface area (Å²) in [5.74, 6) is 0. The maximum absolute atomic E-state index is 4.02. The molecule has 2 aromatic heterocycles. The van der Waals surface area contributed by atoms with Crippen LogP contribution in [0.25, 0.3) is 11.0 Å². The molecule has 2 heterocycles. The number of hydrogen-bond acceptors (Lipinski definition) is 3. The van der Waals surface area contributed by atoms with E-state index in [2.05, 4.69) is 31.2 Å². The van der Waals surface area contributed by atoms with Gasteiger partial charge in [-0.3, -0.25) is 0 Å². The molecular weight excluding hydrogens is 208 g/mol. The van der Waals surface area contributed by atoms with E-state index in [4.69, 9.17) is 0 Å². The van der Waals surface area contributed by atoms with Crippen LogP contribution in [-0.2, 0) is 7.05 Å². The van der Waals surface area contributed by atoms with Crippen LogP contribution in [0.3, 0.4) is 0 Å². The first-order valence-corrected chi connectivity index (χ1v) is 3.87. The summed E-state index contributed by atoms with van der Waals surface area (Å²) in [6.45, 7) is 0. The van der Waals surface area contributed by atoms with Crippen molar-refractivity contribution in [1.29, 1.82) is 0 Å². The molecule has 0 amide bonds. The summed E-state index contributed by atoms with van der Waals surface area (Å²) in [7, 11) is 1.85. The van der Waals surface area contributed by atoms with E-state index in [1.54, 1.807) is 10.9 Å². The van der Waals surface area contributed by atoms with Crippen molar-refractivity contribution in [1.82, 2.24) is 20.0 Å². The normalized spacial score (nSPS) is 10.7. The molecule has 0 N–H and O–H groups in total. The fourth-order valence-electron chi connectivity index (χ4n) is 0.913. The summed E-state index contributed by atoms with van der Waals surface area (Å²) >= 11 is 3.27. The van der Waals surface area contributed by atoms with Crippen LogP contribution in [0.2, 0.25) is 0 Å². The fraction of sp³-hybridized carbons (Fsp3) is 0.167. The minimum absolute atomic E-state index is 0.801. The maximum Gasteiger partial charge on any atom is 0.131 e. The Balaban J connectivity index is 2.87. The van der Waals surface area contributed by atoms with Crippen molar-refractivity contribution in [3.8, 4) is 0 Å². The molecule has 4 nitrogen and oxygen atoms in total. The van der Waals surface area contributed by atoms with Gasteiger partial charge < -0.3 is 0 Å². The van der Waals surface area contributed by atoms with Crippen LogP contribution in [0, 0.1) is 0 Å². The standard InChI is InChI=1S/C6H5BrN4/c1-11-5-2-6(7)8-3-4(5)9-10-11/h2-3H,1H3. The van der Waals surface area contributed by atoms with Crippen molar-refractivity contribution >= 4 is 27.0 Å². The highest BCUT2D eigenvalue weighted by molar-refractivity contribution is 9.10. The first kappa shape index (κ1) is 6.72. The zero-order valence-electron chi connectivity index (χ0n) is 5.82. The van der Waals surface area contributed by atoms with Gasteiger partial charge >= 0.3 is 0 Å². The molecular formula is C6H5BrN4. The highest BCUT2D eigenvalue weighted by atomic mass is 79.9. The molecule has 0 aliphatic heterocycles. The monoisotopic (exact) mass is 212 g/mol. The number of pyridine rings is 1. The van der Waals surface area contributed by atoms with Gasteiger partial charge in [-0.25, -0.2) is 9.67 Å². The van der Waals surface area contributed by atoms with E-state index in [0.29, 0.717) is 0 Å². The van der Waals surface area contributed by atoms with Crippen molar-refractivity contribution < 1.29 is 0 Å². The lowest BCUT2D eigenvalue weighted by molar-refractivity contribution is 0.736. The zero-order chi connectivity index (χ0) is 7.84. The predicted octanol–water partition coefficient (Wildman–Crippen LogP) is 1.13. The smallest absolute Gasteiger partial charge is 0.131 e. The number of aromatic nitrogens is 4. The van der Waals surface area contributed by atoms with Gasteiger partial charge in [0.2, 0.25) is 0 Å². The number of aryl methyl sites for hydroxylation is 1. The van der Waals surface area contributed by atoms with Crippen molar-refractivity contribution in [3.05, 3.63) is 16.9 Å². The van der Waals surface area contributed by atoms with E-state index >= 15 is 0 Å². The summed E-state index contributed by atoms with van der Waals surface area (Å²) in [5.41, 5.74) is 1.79. The Morgan fingerprint density at radius 2 is 2.36 bits per heavy atom. The minimum Gasteiger partial charge on any atom is -0.248 e. The third-order valence-corrected chi connectivity index (χ3v) is 1.90. The van der Waals surface area contributed by atoms with Crippen LogP contribution in [0.5, 0.6) is 0 Å². The SMILES string of the molecule is Cn1nnc2cnc(Br)cc21. The average Bonchev–Trinajstić information content (AvgIpc) is 2.33. The minimum atomic E-state index is 0.801. The molecule has 0 aromatic carbocycles. The summed E-state index contributed by atoms with van der Waals surface area (Å²) in [4.78, 5) is 4.02. The van der Waals surface area contributed by atoms with Crippen LogP contribution >= 0.6 is 15.9 Å². The fourth-order valence-corrected chi connectivity index (χ4v) is 1.23. The molecule has 5 heteroatoms. The molecule has 11 heavy (non-hydrogen) atoms. The van der Waals surface area contributed by atoms with Crippen molar-refractivity contribution in [2.45, 2.75) is 0 Å². The molecule has 0 saturated carbocycles. The summed E-state index contributed by atoms with van der Waals surface area (Å²) < 4.78 is 2.51. The van der Waals surface area contributed by atoms with Gasteiger partial charge in [-0.2, -0.15) is 0 Å². The number of fused-ring (bicyclic) bond motifs is 1. The van der Waals surface area contributed by atoms with Gasteiger partial charge in [0.25, 0.3) is 0 Å². The number of halogens is 1. The lowest BCUT2D eigenvalue weighted by Crippen LogP contribution is -1.89. The molecule has 0 saturated heterocycles.